The summed E-state index contributed by atoms with van der Waals surface area (Å²) in [7, 11) is 0. The van der Waals surface area contributed by atoms with Crippen molar-refractivity contribution in [1.82, 2.24) is 29.6 Å². The third kappa shape index (κ3) is 4.02. The highest BCUT2D eigenvalue weighted by atomic mass is 32.2. The summed E-state index contributed by atoms with van der Waals surface area (Å²) in [4.78, 5) is 26.3. The van der Waals surface area contributed by atoms with Crippen molar-refractivity contribution in [2.24, 2.45) is 0 Å². The van der Waals surface area contributed by atoms with E-state index in [1.54, 1.807) is 29.8 Å². The molecule has 0 aliphatic carbocycles. The van der Waals surface area contributed by atoms with Gasteiger partial charge in [0.05, 0.1) is 10.6 Å². The molecule has 4 heterocycles. The van der Waals surface area contributed by atoms with Crippen molar-refractivity contribution in [2.45, 2.75) is 18.6 Å². The fourth-order valence-electron chi connectivity index (χ4n) is 3.10. The van der Waals surface area contributed by atoms with Gasteiger partial charge in [0, 0.05) is 45.1 Å². The summed E-state index contributed by atoms with van der Waals surface area (Å²) < 4.78 is 2.06. The van der Waals surface area contributed by atoms with Crippen LogP contribution in [0.1, 0.15) is 6.92 Å². The number of anilines is 1. The van der Waals surface area contributed by atoms with E-state index >= 15 is 0 Å². The number of thiophene rings is 1. The summed E-state index contributed by atoms with van der Waals surface area (Å²) in [6.45, 7) is 5.68. The molecule has 3 aromatic rings. The van der Waals surface area contributed by atoms with Gasteiger partial charge in [0.1, 0.15) is 0 Å². The average Bonchev–Trinajstić information content (AvgIpc) is 3.42. The van der Waals surface area contributed by atoms with Gasteiger partial charge in [-0.3, -0.25) is 4.79 Å². The molecular formula is C18H21N7OS2. The Morgan fingerprint density at radius 1 is 1.14 bits per heavy atom. The van der Waals surface area contributed by atoms with Crippen LogP contribution in [0.3, 0.4) is 0 Å². The van der Waals surface area contributed by atoms with Gasteiger partial charge in [-0.25, -0.2) is 9.97 Å². The zero-order valence-electron chi connectivity index (χ0n) is 15.6. The number of piperazine rings is 1. The van der Waals surface area contributed by atoms with Crippen molar-refractivity contribution < 1.29 is 4.79 Å². The first-order valence-electron chi connectivity index (χ1n) is 9.16. The zero-order chi connectivity index (χ0) is 19.3. The molecule has 4 rings (SSSR count). The average molecular weight is 416 g/mol. The van der Waals surface area contributed by atoms with Crippen LogP contribution in [0.4, 0.5) is 5.95 Å². The number of hydrogen-bond acceptors (Lipinski definition) is 8. The summed E-state index contributed by atoms with van der Waals surface area (Å²) in [6, 6.07) is 5.85. The maximum atomic E-state index is 12.6. The van der Waals surface area contributed by atoms with E-state index in [2.05, 4.69) is 36.6 Å². The number of thioether (sulfide) groups is 1. The monoisotopic (exact) mass is 415 g/mol. The van der Waals surface area contributed by atoms with Crippen molar-refractivity contribution in [1.29, 1.82) is 0 Å². The van der Waals surface area contributed by atoms with E-state index in [4.69, 9.17) is 0 Å². The first kappa shape index (κ1) is 18.9. The van der Waals surface area contributed by atoms with E-state index in [0.29, 0.717) is 18.8 Å². The van der Waals surface area contributed by atoms with Crippen molar-refractivity contribution in [3.63, 3.8) is 0 Å². The SMILES string of the molecule is CCn1c(SCC(=O)N2CCN(c3ncccn3)CC2)nnc1-c1cccs1. The number of aromatic nitrogens is 5. The normalized spacial score (nSPS) is 14.5. The molecule has 0 N–H and O–H groups in total. The molecule has 10 heteroatoms. The van der Waals surface area contributed by atoms with Crippen LogP contribution < -0.4 is 4.90 Å². The highest BCUT2D eigenvalue weighted by Crippen LogP contribution is 2.27. The molecule has 1 aliphatic rings. The minimum Gasteiger partial charge on any atom is -0.338 e. The van der Waals surface area contributed by atoms with Gasteiger partial charge >= 0.3 is 0 Å². The molecular weight excluding hydrogens is 394 g/mol. The number of carbonyl (C=O) groups excluding carboxylic acids is 1. The first-order valence-corrected chi connectivity index (χ1v) is 11.0. The summed E-state index contributed by atoms with van der Waals surface area (Å²) in [5.74, 6) is 2.08. The molecule has 3 aromatic heterocycles. The molecule has 146 valence electrons. The van der Waals surface area contributed by atoms with E-state index in [-0.39, 0.29) is 5.91 Å². The third-order valence-corrected chi connectivity index (χ3v) is 6.38. The molecule has 0 aromatic carbocycles. The predicted molar refractivity (Wildman–Crippen MR) is 111 cm³/mol. The maximum absolute atomic E-state index is 12.6. The van der Waals surface area contributed by atoms with Crippen molar-refractivity contribution in [2.75, 3.05) is 36.8 Å². The van der Waals surface area contributed by atoms with Crippen molar-refractivity contribution in [3.05, 3.63) is 36.0 Å². The Labute approximate surface area is 171 Å². The van der Waals surface area contributed by atoms with Gasteiger partial charge in [0.25, 0.3) is 0 Å². The lowest BCUT2D eigenvalue weighted by Gasteiger charge is -2.34. The number of nitrogens with zero attached hydrogens (tertiary/aromatic N) is 7. The third-order valence-electron chi connectivity index (χ3n) is 4.57. The molecule has 0 atom stereocenters. The fraction of sp³-hybridized carbons (Fsp3) is 0.389. The van der Waals surface area contributed by atoms with Crippen molar-refractivity contribution in [3.8, 4) is 10.7 Å². The summed E-state index contributed by atoms with van der Waals surface area (Å²) in [6.07, 6.45) is 3.48. The quantitative estimate of drug-likeness (QED) is 0.571. The molecule has 28 heavy (non-hydrogen) atoms. The summed E-state index contributed by atoms with van der Waals surface area (Å²) >= 11 is 3.09. The molecule has 0 unspecified atom stereocenters. The van der Waals surface area contributed by atoms with Crippen LogP contribution >= 0.6 is 23.1 Å². The number of amides is 1. The lowest BCUT2D eigenvalue weighted by atomic mass is 10.3. The van der Waals surface area contributed by atoms with Crippen LogP contribution in [0.2, 0.25) is 0 Å². The lowest BCUT2D eigenvalue weighted by Crippen LogP contribution is -2.49. The van der Waals surface area contributed by atoms with E-state index < -0.39 is 0 Å². The van der Waals surface area contributed by atoms with Gasteiger partial charge in [0.2, 0.25) is 11.9 Å². The number of carbonyl (C=O) groups is 1. The van der Waals surface area contributed by atoms with Gasteiger partial charge in [-0.1, -0.05) is 17.8 Å². The highest BCUT2D eigenvalue weighted by molar-refractivity contribution is 7.99. The minimum absolute atomic E-state index is 0.127. The fourth-order valence-corrected chi connectivity index (χ4v) is 4.72. The van der Waals surface area contributed by atoms with Crippen LogP contribution in [-0.4, -0.2) is 67.5 Å². The van der Waals surface area contributed by atoms with Gasteiger partial charge in [-0.2, -0.15) is 0 Å². The van der Waals surface area contributed by atoms with E-state index in [1.165, 1.54) is 11.8 Å². The van der Waals surface area contributed by atoms with Crippen LogP contribution in [0.25, 0.3) is 10.7 Å². The summed E-state index contributed by atoms with van der Waals surface area (Å²) in [5.41, 5.74) is 0. The molecule has 8 nitrogen and oxygen atoms in total. The predicted octanol–water partition coefficient (Wildman–Crippen LogP) is 2.26. The Bertz CT molecular complexity index is 905. The highest BCUT2D eigenvalue weighted by Gasteiger charge is 2.23. The zero-order valence-corrected chi connectivity index (χ0v) is 17.2. The second-order valence-electron chi connectivity index (χ2n) is 6.23. The smallest absolute Gasteiger partial charge is 0.233 e. The van der Waals surface area contributed by atoms with Gasteiger partial charge in [0.15, 0.2) is 11.0 Å². The maximum Gasteiger partial charge on any atom is 0.233 e. The molecule has 0 spiro atoms. The van der Waals surface area contributed by atoms with E-state index in [1.807, 2.05) is 22.4 Å². The van der Waals surface area contributed by atoms with E-state index in [9.17, 15) is 4.79 Å². The Hall–Kier alpha value is -2.46. The Balaban J connectivity index is 1.33. The minimum atomic E-state index is 0.127. The van der Waals surface area contributed by atoms with E-state index in [0.717, 1.165) is 41.4 Å². The molecule has 0 saturated carbocycles. The van der Waals surface area contributed by atoms with Gasteiger partial charge < -0.3 is 14.4 Å². The van der Waals surface area contributed by atoms with Gasteiger partial charge in [-0.15, -0.1) is 21.5 Å². The molecule has 1 fully saturated rings. The molecule has 1 aliphatic heterocycles. The van der Waals surface area contributed by atoms with Crippen LogP contribution in [-0.2, 0) is 11.3 Å². The van der Waals surface area contributed by atoms with Crippen LogP contribution in [0.5, 0.6) is 0 Å². The molecule has 0 radical (unpaired) electrons. The largest absolute Gasteiger partial charge is 0.338 e. The van der Waals surface area contributed by atoms with Gasteiger partial charge in [-0.05, 0) is 24.4 Å². The number of hydrogen-bond donors (Lipinski definition) is 0. The second-order valence-corrected chi connectivity index (χ2v) is 8.12. The lowest BCUT2D eigenvalue weighted by molar-refractivity contribution is -0.128. The topological polar surface area (TPSA) is 80.0 Å². The molecule has 0 bridgehead atoms. The standard InChI is InChI=1S/C18H21N7OS2/c1-2-25-16(14-5-3-12-27-14)21-22-18(25)28-13-15(26)23-8-10-24(11-9-23)17-19-6-4-7-20-17/h3-7,12H,2,8-11,13H2,1H3. The summed E-state index contributed by atoms with van der Waals surface area (Å²) in [5, 5.41) is 11.4. The van der Waals surface area contributed by atoms with Crippen molar-refractivity contribution >= 4 is 35.0 Å². The Morgan fingerprint density at radius 3 is 2.61 bits per heavy atom. The van der Waals surface area contributed by atoms with Crippen LogP contribution in [0, 0.1) is 0 Å². The number of rotatable bonds is 6. The first-order chi connectivity index (χ1) is 13.8. The molecule has 1 saturated heterocycles. The Kier molecular flexibility index (Phi) is 5.87. The Morgan fingerprint density at radius 2 is 1.93 bits per heavy atom. The molecule has 1 amide bonds. The van der Waals surface area contributed by atoms with Crippen LogP contribution in [0.15, 0.2) is 41.1 Å². The second kappa shape index (κ2) is 8.70.